The van der Waals surface area contributed by atoms with Crippen LogP contribution in [-0.2, 0) is 6.42 Å². The van der Waals surface area contributed by atoms with Crippen LogP contribution in [0, 0.1) is 6.92 Å². The van der Waals surface area contributed by atoms with Crippen LogP contribution in [0.4, 0.5) is 0 Å². The lowest BCUT2D eigenvalue weighted by molar-refractivity contribution is 0.102. The largest absolute Gasteiger partial charge is 0.494 e. The number of nitrogens with zero attached hydrogens (tertiary/aromatic N) is 3. The van der Waals surface area contributed by atoms with E-state index in [0.29, 0.717) is 0 Å². The van der Waals surface area contributed by atoms with Crippen molar-refractivity contribution < 1.29 is 9.47 Å². The number of fused-ring (bicyclic) bond motifs is 1. The lowest BCUT2D eigenvalue weighted by atomic mass is 10.1. The molecule has 0 amide bonds. The molecule has 2 fully saturated rings. The monoisotopic (exact) mass is 501 g/mol. The number of pyridine rings is 1. The van der Waals surface area contributed by atoms with Gasteiger partial charge in [0, 0.05) is 37.8 Å². The van der Waals surface area contributed by atoms with E-state index in [4.69, 9.17) is 9.47 Å². The van der Waals surface area contributed by atoms with E-state index in [0.717, 1.165) is 80.9 Å². The van der Waals surface area contributed by atoms with Crippen LogP contribution in [0.2, 0.25) is 0 Å². The summed E-state index contributed by atoms with van der Waals surface area (Å²) < 4.78 is 12.5. The first-order valence-corrected chi connectivity index (χ1v) is 14.4. The van der Waals surface area contributed by atoms with Gasteiger partial charge in [-0.05, 0) is 87.9 Å². The highest BCUT2D eigenvalue weighted by Gasteiger charge is 2.22. The number of hydrogen-bond acceptors (Lipinski definition) is 5. The van der Waals surface area contributed by atoms with Crippen LogP contribution in [0.3, 0.4) is 0 Å². The molecular formula is C32H43N3O2. The maximum atomic E-state index is 6.50. The van der Waals surface area contributed by atoms with Gasteiger partial charge < -0.3 is 19.3 Å². The Balaban J connectivity index is 1.01. The highest BCUT2D eigenvalue weighted by atomic mass is 16.5. The molecule has 2 saturated heterocycles. The van der Waals surface area contributed by atoms with Gasteiger partial charge in [-0.1, -0.05) is 43.2 Å². The summed E-state index contributed by atoms with van der Waals surface area (Å²) in [4.78, 5) is 9.77. The highest BCUT2D eigenvalue weighted by molar-refractivity contribution is 5.85. The Hall–Kier alpha value is -2.63. The van der Waals surface area contributed by atoms with Gasteiger partial charge in [0.1, 0.15) is 23.1 Å². The summed E-state index contributed by atoms with van der Waals surface area (Å²) in [6, 6.07) is 17.1. The molecule has 3 heterocycles. The average molecular weight is 502 g/mol. The van der Waals surface area contributed by atoms with Crippen LogP contribution in [0.5, 0.6) is 11.5 Å². The predicted octanol–water partition coefficient (Wildman–Crippen LogP) is 6.27. The Morgan fingerprint density at radius 3 is 2.38 bits per heavy atom. The number of piperidine rings is 1. The number of aryl methyl sites for hydroxylation is 1. The predicted molar refractivity (Wildman–Crippen MR) is 152 cm³/mol. The fourth-order valence-corrected chi connectivity index (χ4v) is 5.66. The van der Waals surface area contributed by atoms with Crippen molar-refractivity contribution in [2.24, 2.45) is 0 Å². The van der Waals surface area contributed by atoms with Crippen molar-refractivity contribution in [1.82, 2.24) is 14.8 Å². The van der Waals surface area contributed by atoms with Crippen LogP contribution in [-0.4, -0.2) is 66.8 Å². The van der Waals surface area contributed by atoms with E-state index < -0.39 is 0 Å². The molecule has 198 valence electrons. The topological polar surface area (TPSA) is 37.8 Å². The molecule has 5 nitrogen and oxygen atoms in total. The Bertz CT molecular complexity index is 1100. The van der Waals surface area contributed by atoms with E-state index in [9.17, 15) is 0 Å². The molecule has 0 N–H and O–H groups in total. The minimum Gasteiger partial charge on any atom is -0.494 e. The van der Waals surface area contributed by atoms with Crippen LogP contribution in [0.25, 0.3) is 10.9 Å². The van der Waals surface area contributed by atoms with Crippen molar-refractivity contribution in [3.05, 3.63) is 65.9 Å². The summed E-state index contributed by atoms with van der Waals surface area (Å²) in [6.07, 6.45) is 11.9. The molecule has 1 aromatic heterocycles. The first-order valence-electron chi connectivity index (χ1n) is 14.4. The van der Waals surface area contributed by atoms with E-state index in [1.54, 1.807) is 0 Å². The molecule has 5 rings (SSSR count). The molecule has 0 saturated carbocycles. The first-order chi connectivity index (χ1) is 18.2. The molecule has 0 unspecified atom stereocenters. The van der Waals surface area contributed by atoms with Crippen molar-refractivity contribution in [3.8, 4) is 11.5 Å². The highest BCUT2D eigenvalue weighted by Crippen LogP contribution is 2.30. The van der Waals surface area contributed by atoms with Gasteiger partial charge in [-0.3, -0.25) is 4.98 Å². The van der Waals surface area contributed by atoms with Gasteiger partial charge in [0.15, 0.2) is 0 Å². The SMILES string of the molecule is Cc1ccc2cccnc2c1OC1CCN(CCc2ccc(OCCCN3CCCCCC3)cc2)CC1. The zero-order chi connectivity index (χ0) is 25.3. The third-order valence-corrected chi connectivity index (χ3v) is 7.97. The molecule has 37 heavy (non-hydrogen) atoms. The molecule has 2 aliphatic rings. The Labute approximate surface area is 222 Å². The van der Waals surface area contributed by atoms with Crippen molar-refractivity contribution in [2.45, 2.75) is 64.4 Å². The van der Waals surface area contributed by atoms with E-state index in [2.05, 4.69) is 64.2 Å². The summed E-state index contributed by atoms with van der Waals surface area (Å²) >= 11 is 0. The fraction of sp³-hybridized carbons (Fsp3) is 0.531. The smallest absolute Gasteiger partial charge is 0.148 e. The van der Waals surface area contributed by atoms with Gasteiger partial charge in [0.25, 0.3) is 0 Å². The summed E-state index contributed by atoms with van der Waals surface area (Å²) in [6.45, 7) is 9.88. The van der Waals surface area contributed by atoms with Crippen molar-refractivity contribution in [2.75, 3.05) is 45.9 Å². The maximum absolute atomic E-state index is 6.50. The van der Waals surface area contributed by atoms with Crippen molar-refractivity contribution >= 4 is 10.9 Å². The molecule has 0 spiro atoms. The van der Waals surface area contributed by atoms with Gasteiger partial charge in [0.05, 0.1) is 6.61 Å². The third kappa shape index (κ3) is 7.45. The number of likely N-dealkylation sites (tertiary alicyclic amines) is 2. The zero-order valence-corrected chi connectivity index (χ0v) is 22.5. The Kier molecular flexibility index (Phi) is 9.31. The van der Waals surface area contributed by atoms with E-state index >= 15 is 0 Å². The lowest BCUT2D eigenvalue weighted by Crippen LogP contribution is -2.39. The Morgan fingerprint density at radius 2 is 1.59 bits per heavy atom. The molecule has 5 heteroatoms. The molecule has 3 aromatic rings. The Morgan fingerprint density at radius 1 is 0.838 bits per heavy atom. The first kappa shape index (κ1) is 26.0. The van der Waals surface area contributed by atoms with E-state index in [1.807, 2.05) is 12.3 Å². The van der Waals surface area contributed by atoms with Crippen LogP contribution in [0.1, 0.15) is 56.1 Å². The summed E-state index contributed by atoms with van der Waals surface area (Å²) in [7, 11) is 0. The fourth-order valence-electron chi connectivity index (χ4n) is 5.66. The average Bonchev–Trinajstić information content (AvgIpc) is 3.22. The quantitative estimate of drug-likeness (QED) is 0.306. The van der Waals surface area contributed by atoms with Gasteiger partial charge in [-0.2, -0.15) is 0 Å². The number of aromatic nitrogens is 1. The maximum Gasteiger partial charge on any atom is 0.148 e. The number of benzene rings is 2. The molecule has 2 aliphatic heterocycles. The van der Waals surface area contributed by atoms with Crippen LogP contribution >= 0.6 is 0 Å². The van der Waals surface area contributed by atoms with Gasteiger partial charge >= 0.3 is 0 Å². The second-order valence-electron chi connectivity index (χ2n) is 10.8. The molecule has 0 radical (unpaired) electrons. The molecule has 2 aromatic carbocycles. The molecule has 0 atom stereocenters. The zero-order valence-electron chi connectivity index (χ0n) is 22.5. The van der Waals surface area contributed by atoms with Gasteiger partial charge in [-0.15, -0.1) is 0 Å². The second-order valence-corrected chi connectivity index (χ2v) is 10.8. The summed E-state index contributed by atoms with van der Waals surface area (Å²) in [5.41, 5.74) is 3.53. The lowest BCUT2D eigenvalue weighted by Gasteiger charge is -2.32. The molecular weight excluding hydrogens is 458 g/mol. The van der Waals surface area contributed by atoms with Gasteiger partial charge in [-0.25, -0.2) is 0 Å². The van der Waals surface area contributed by atoms with E-state index in [-0.39, 0.29) is 6.10 Å². The second kappa shape index (κ2) is 13.3. The standard InChI is InChI=1S/C32H43N3O2/c1-26-9-12-28-8-6-18-33-31(28)32(26)37-30-16-23-35(24-17-30)22-15-27-10-13-29(14-11-27)36-25-7-21-34-19-4-2-3-5-20-34/h6,8-14,18,30H,2-5,7,15-17,19-25H2,1H3. The molecule has 0 aliphatic carbocycles. The number of hydrogen-bond donors (Lipinski definition) is 0. The van der Waals surface area contributed by atoms with Crippen LogP contribution in [0.15, 0.2) is 54.7 Å². The van der Waals surface area contributed by atoms with Gasteiger partial charge in [0.2, 0.25) is 0 Å². The molecule has 0 bridgehead atoms. The van der Waals surface area contributed by atoms with Crippen molar-refractivity contribution in [1.29, 1.82) is 0 Å². The third-order valence-electron chi connectivity index (χ3n) is 7.97. The minimum absolute atomic E-state index is 0.262. The normalized spacial score (nSPS) is 18.1. The van der Waals surface area contributed by atoms with E-state index in [1.165, 1.54) is 49.9 Å². The summed E-state index contributed by atoms with van der Waals surface area (Å²) in [5.74, 6) is 1.96. The number of ether oxygens (including phenoxy) is 2. The number of rotatable bonds is 10. The summed E-state index contributed by atoms with van der Waals surface area (Å²) in [5, 5.41) is 1.14. The van der Waals surface area contributed by atoms with Crippen LogP contribution < -0.4 is 9.47 Å². The minimum atomic E-state index is 0.262. The van der Waals surface area contributed by atoms with Crippen molar-refractivity contribution in [3.63, 3.8) is 0 Å².